The Labute approximate surface area is 210 Å². The van der Waals surface area contributed by atoms with E-state index in [2.05, 4.69) is 16.6 Å². The molecule has 0 heterocycles. The van der Waals surface area contributed by atoms with E-state index in [0.29, 0.717) is 18.1 Å². The third kappa shape index (κ3) is 7.94. The lowest BCUT2D eigenvalue weighted by molar-refractivity contribution is -0.142. The Morgan fingerprint density at radius 2 is 1.69 bits per heavy atom. The van der Waals surface area contributed by atoms with Gasteiger partial charge in [-0.25, -0.2) is 9.18 Å². The van der Waals surface area contributed by atoms with Gasteiger partial charge >= 0.3 is 5.97 Å². The number of aryl methyl sites for hydroxylation is 1. The van der Waals surface area contributed by atoms with Gasteiger partial charge in [-0.2, -0.15) is 11.8 Å². The SMILES string of the molecule is COC(=O)COc1ccc(OC/C=C(/c2ccc(F)cc2)c2ccc(C#CCSC)cc2)cc1C. The Morgan fingerprint density at radius 3 is 2.31 bits per heavy atom. The first-order valence-corrected chi connectivity index (χ1v) is 12.4. The highest BCUT2D eigenvalue weighted by atomic mass is 32.2. The molecular weight excluding hydrogens is 463 g/mol. The van der Waals surface area contributed by atoms with E-state index in [-0.39, 0.29) is 12.4 Å². The number of rotatable bonds is 9. The number of thioether (sulfide) groups is 1. The van der Waals surface area contributed by atoms with Crippen LogP contribution in [0.5, 0.6) is 11.5 Å². The van der Waals surface area contributed by atoms with Gasteiger partial charge < -0.3 is 14.2 Å². The normalized spacial score (nSPS) is 10.8. The van der Waals surface area contributed by atoms with Gasteiger partial charge in [0.05, 0.1) is 12.9 Å². The van der Waals surface area contributed by atoms with E-state index in [9.17, 15) is 9.18 Å². The monoisotopic (exact) mass is 490 g/mol. The number of carbonyl (C=O) groups excluding carboxylic acids is 1. The minimum atomic E-state index is -0.441. The molecule has 3 aromatic carbocycles. The van der Waals surface area contributed by atoms with E-state index in [1.807, 2.05) is 49.6 Å². The minimum Gasteiger partial charge on any atom is -0.489 e. The second kappa shape index (κ2) is 13.3. The first kappa shape index (κ1) is 25.9. The van der Waals surface area contributed by atoms with Crippen molar-refractivity contribution in [2.75, 3.05) is 32.3 Å². The molecule has 0 bridgehead atoms. The lowest BCUT2D eigenvalue weighted by Crippen LogP contribution is -2.13. The van der Waals surface area contributed by atoms with Crippen LogP contribution >= 0.6 is 11.8 Å². The van der Waals surface area contributed by atoms with E-state index in [4.69, 9.17) is 9.47 Å². The van der Waals surface area contributed by atoms with Crippen LogP contribution in [0.2, 0.25) is 0 Å². The lowest BCUT2D eigenvalue weighted by Gasteiger charge is -2.12. The number of halogens is 1. The Morgan fingerprint density at radius 1 is 1.00 bits per heavy atom. The maximum absolute atomic E-state index is 13.5. The summed E-state index contributed by atoms with van der Waals surface area (Å²) < 4.78 is 29.5. The fourth-order valence-corrected chi connectivity index (χ4v) is 3.48. The number of carbonyl (C=O) groups is 1. The standard InChI is InChI=1S/C29H27FO4S/c1-21-19-26(14-15-28(21)34-20-29(31)32-2)33-17-16-27(24-10-12-25(30)13-11-24)23-8-6-22(7-9-23)5-4-18-35-3/h6-16,19H,17-18,20H2,1-3H3/b27-16+. The van der Waals surface area contributed by atoms with E-state index in [1.54, 1.807) is 36.0 Å². The van der Waals surface area contributed by atoms with Gasteiger partial charge in [-0.1, -0.05) is 36.1 Å². The van der Waals surface area contributed by atoms with Crippen LogP contribution in [0.4, 0.5) is 4.39 Å². The summed E-state index contributed by atoms with van der Waals surface area (Å²) in [6.07, 6.45) is 3.99. The summed E-state index contributed by atoms with van der Waals surface area (Å²) in [5, 5.41) is 0. The van der Waals surface area contributed by atoms with Crippen LogP contribution in [0.15, 0.2) is 72.8 Å². The molecule has 0 saturated carbocycles. The van der Waals surface area contributed by atoms with Gasteiger partial charge in [-0.15, -0.1) is 0 Å². The molecule has 0 saturated heterocycles. The van der Waals surface area contributed by atoms with E-state index in [0.717, 1.165) is 33.6 Å². The summed E-state index contributed by atoms with van der Waals surface area (Å²) in [5.41, 5.74) is 4.59. The van der Waals surface area contributed by atoms with E-state index >= 15 is 0 Å². The summed E-state index contributed by atoms with van der Waals surface area (Å²) >= 11 is 1.69. The molecule has 0 N–H and O–H groups in total. The van der Waals surface area contributed by atoms with Crippen molar-refractivity contribution in [3.8, 4) is 23.3 Å². The average Bonchev–Trinajstić information content (AvgIpc) is 2.87. The first-order valence-electron chi connectivity index (χ1n) is 11.0. The van der Waals surface area contributed by atoms with Crippen molar-refractivity contribution in [1.82, 2.24) is 0 Å². The molecule has 0 atom stereocenters. The van der Waals surface area contributed by atoms with Crippen molar-refractivity contribution in [1.29, 1.82) is 0 Å². The summed E-state index contributed by atoms with van der Waals surface area (Å²) in [6.45, 7) is 2.04. The van der Waals surface area contributed by atoms with Crippen LogP contribution in [0.1, 0.15) is 22.3 Å². The quantitative estimate of drug-likeness (QED) is 0.276. The zero-order valence-corrected chi connectivity index (χ0v) is 20.8. The summed E-state index contributed by atoms with van der Waals surface area (Å²) in [4.78, 5) is 11.3. The molecule has 3 rings (SSSR count). The van der Waals surface area contributed by atoms with Gasteiger partial charge in [0.1, 0.15) is 23.9 Å². The van der Waals surface area contributed by atoms with Crippen molar-refractivity contribution < 1.29 is 23.4 Å². The van der Waals surface area contributed by atoms with Gasteiger partial charge in [0, 0.05) is 5.56 Å². The second-order valence-electron chi connectivity index (χ2n) is 7.54. The molecule has 4 nitrogen and oxygen atoms in total. The summed E-state index contributed by atoms with van der Waals surface area (Å²) in [6, 6.07) is 19.8. The third-order valence-corrected chi connectivity index (χ3v) is 5.49. The number of ether oxygens (including phenoxy) is 3. The maximum Gasteiger partial charge on any atom is 0.343 e. The van der Waals surface area contributed by atoms with Crippen molar-refractivity contribution in [3.05, 3.63) is 101 Å². The topological polar surface area (TPSA) is 44.8 Å². The molecule has 0 unspecified atom stereocenters. The summed E-state index contributed by atoms with van der Waals surface area (Å²) in [5.74, 6) is 7.59. The smallest absolute Gasteiger partial charge is 0.343 e. The van der Waals surface area contributed by atoms with Gasteiger partial charge in [-0.3, -0.25) is 0 Å². The highest BCUT2D eigenvalue weighted by Gasteiger charge is 2.08. The van der Waals surface area contributed by atoms with Crippen LogP contribution in [0.25, 0.3) is 5.57 Å². The van der Waals surface area contributed by atoms with Gasteiger partial charge in [0.25, 0.3) is 0 Å². The Balaban J connectivity index is 1.76. The maximum atomic E-state index is 13.5. The molecule has 0 aliphatic carbocycles. The van der Waals surface area contributed by atoms with E-state index in [1.165, 1.54) is 19.2 Å². The molecule has 0 fully saturated rings. The van der Waals surface area contributed by atoms with Gasteiger partial charge in [-0.05, 0) is 84.0 Å². The number of hydrogen-bond acceptors (Lipinski definition) is 5. The number of benzene rings is 3. The van der Waals surface area contributed by atoms with Crippen molar-refractivity contribution in [2.24, 2.45) is 0 Å². The number of methoxy groups -OCH3 is 1. The Kier molecular flexibility index (Phi) is 9.82. The third-order valence-electron chi connectivity index (χ3n) is 5.06. The largest absolute Gasteiger partial charge is 0.489 e. The minimum absolute atomic E-state index is 0.150. The van der Waals surface area contributed by atoms with Crippen LogP contribution in [-0.2, 0) is 9.53 Å². The highest BCUT2D eigenvalue weighted by molar-refractivity contribution is 7.98. The molecule has 0 amide bonds. The number of hydrogen-bond donors (Lipinski definition) is 0. The fraction of sp³-hybridized carbons (Fsp3) is 0.207. The molecule has 0 radical (unpaired) electrons. The van der Waals surface area contributed by atoms with Gasteiger partial charge in [0.15, 0.2) is 6.61 Å². The Hall–Kier alpha value is -3.69. The second-order valence-corrected chi connectivity index (χ2v) is 8.41. The predicted molar refractivity (Wildman–Crippen MR) is 139 cm³/mol. The zero-order chi connectivity index (χ0) is 25.0. The molecule has 0 aliphatic rings. The van der Waals surface area contributed by atoms with Crippen molar-refractivity contribution in [3.63, 3.8) is 0 Å². The van der Waals surface area contributed by atoms with Crippen molar-refractivity contribution in [2.45, 2.75) is 6.92 Å². The fourth-order valence-electron chi connectivity index (χ4n) is 3.27. The molecule has 0 spiro atoms. The van der Waals surface area contributed by atoms with Crippen LogP contribution in [-0.4, -0.2) is 38.3 Å². The Bertz CT molecular complexity index is 1220. The van der Waals surface area contributed by atoms with Crippen LogP contribution in [0.3, 0.4) is 0 Å². The predicted octanol–water partition coefficient (Wildman–Crippen LogP) is 5.91. The molecular formula is C29H27FO4S. The number of esters is 1. The molecule has 0 aliphatic heterocycles. The van der Waals surface area contributed by atoms with Crippen LogP contribution in [0, 0.1) is 24.6 Å². The molecule has 0 aromatic heterocycles. The zero-order valence-electron chi connectivity index (χ0n) is 20.0. The summed E-state index contributed by atoms with van der Waals surface area (Å²) in [7, 11) is 1.32. The molecule has 3 aromatic rings. The van der Waals surface area contributed by atoms with E-state index < -0.39 is 5.97 Å². The highest BCUT2D eigenvalue weighted by Crippen LogP contribution is 2.26. The van der Waals surface area contributed by atoms with Gasteiger partial charge in [0.2, 0.25) is 0 Å². The first-order chi connectivity index (χ1) is 17.0. The van der Waals surface area contributed by atoms with Crippen molar-refractivity contribution >= 4 is 23.3 Å². The molecule has 180 valence electrons. The lowest BCUT2D eigenvalue weighted by atomic mass is 9.97. The van der Waals surface area contributed by atoms with Crippen LogP contribution < -0.4 is 9.47 Å². The molecule has 35 heavy (non-hydrogen) atoms. The average molecular weight is 491 g/mol. The molecule has 6 heteroatoms.